The molecular formula is C26H25ClN2O5. The molecule has 2 amide bonds. The van der Waals surface area contributed by atoms with Gasteiger partial charge in [-0.05, 0) is 54.4 Å². The van der Waals surface area contributed by atoms with Crippen molar-refractivity contribution in [2.75, 3.05) is 13.4 Å². The molecule has 1 aliphatic heterocycles. The van der Waals surface area contributed by atoms with E-state index in [9.17, 15) is 9.59 Å². The minimum absolute atomic E-state index is 0.183. The van der Waals surface area contributed by atoms with Crippen LogP contribution in [0.1, 0.15) is 18.1 Å². The van der Waals surface area contributed by atoms with Gasteiger partial charge in [-0.15, -0.1) is 0 Å². The van der Waals surface area contributed by atoms with Gasteiger partial charge in [0, 0.05) is 18.1 Å². The third-order valence-electron chi connectivity index (χ3n) is 5.44. The summed E-state index contributed by atoms with van der Waals surface area (Å²) in [5.41, 5.74) is 1.72. The van der Waals surface area contributed by atoms with E-state index in [0.29, 0.717) is 28.8 Å². The van der Waals surface area contributed by atoms with E-state index >= 15 is 0 Å². The van der Waals surface area contributed by atoms with Crippen molar-refractivity contribution in [1.82, 2.24) is 10.2 Å². The van der Waals surface area contributed by atoms with Crippen LogP contribution in [0.2, 0.25) is 5.02 Å². The summed E-state index contributed by atoms with van der Waals surface area (Å²) in [6.07, 6.45) is 0. The van der Waals surface area contributed by atoms with Gasteiger partial charge in [0.1, 0.15) is 11.8 Å². The fraction of sp³-hybridized carbons (Fsp3) is 0.231. The summed E-state index contributed by atoms with van der Waals surface area (Å²) < 4.78 is 16.3. The van der Waals surface area contributed by atoms with Gasteiger partial charge in [-0.3, -0.25) is 9.59 Å². The second kappa shape index (κ2) is 10.9. The first-order valence-electron chi connectivity index (χ1n) is 10.9. The van der Waals surface area contributed by atoms with Crippen LogP contribution in [-0.4, -0.2) is 36.2 Å². The zero-order chi connectivity index (χ0) is 23.9. The van der Waals surface area contributed by atoms with E-state index in [1.807, 2.05) is 48.5 Å². The average Bonchev–Trinajstić information content (AvgIpc) is 3.33. The van der Waals surface area contributed by atoms with E-state index < -0.39 is 6.04 Å². The Morgan fingerprint density at radius 2 is 1.71 bits per heavy atom. The number of amides is 2. The molecule has 0 unspecified atom stereocenters. The summed E-state index contributed by atoms with van der Waals surface area (Å²) in [6, 6.07) is 21.0. The normalized spacial score (nSPS) is 12.6. The third kappa shape index (κ3) is 5.99. The van der Waals surface area contributed by atoms with E-state index in [0.717, 1.165) is 11.1 Å². The van der Waals surface area contributed by atoms with Crippen molar-refractivity contribution in [3.05, 3.63) is 88.9 Å². The van der Waals surface area contributed by atoms with Crippen molar-refractivity contribution in [2.45, 2.75) is 26.1 Å². The van der Waals surface area contributed by atoms with Crippen LogP contribution in [0.25, 0.3) is 0 Å². The molecule has 3 aromatic rings. The van der Waals surface area contributed by atoms with Crippen LogP contribution in [0.15, 0.2) is 72.8 Å². The van der Waals surface area contributed by atoms with Crippen LogP contribution in [-0.2, 0) is 22.7 Å². The molecule has 0 bridgehead atoms. The first-order valence-corrected chi connectivity index (χ1v) is 11.3. The van der Waals surface area contributed by atoms with Gasteiger partial charge in [-0.25, -0.2) is 0 Å². The molecule has 0 saturated heterocycles. The molecule has 0 aromatic heterocycles. The average molecular weight is 481 g/mol. The third-order valence-corrected chi connectivity index (χ3v) is 5.69. The number of rotatable bonds is 9. The highest BCUT2D eigenvalue weighted by atomic mass is 35.5. The first-order chi connectivity index (χ1) is 16.5. The Labute approximate surface area is 203 Å². The highest BCUT2D eigenvalue weighted by Gasteiger charge is 2.26. The zero-order valence-corrected chi connectivity index (χ0v) is 19.5. The summed E-state index contributed by atoms with van der Waals surface area (Å²) in [7, 11) is 0. The van der Waals surface area contributed by atoms with Crippen LogP contribution < -0.4 is 19.5 Å². The molecule has 34 heavy (non-hydrogen) atoms. The van der Waals surface area contributed by atoms with Gasteiger partial charge in [0.2, 0.25) is 12.7 Å². The lowest BCUT2D eigenvalue weighted by Crippen LogP contribution is -2.48. The van der Waals surface area contributed by atoms with Crippen LogP contribution in [0.3, 0.4) is 0 Å². The Hall–Kier alpha value is -3.71. The van der Waals surface area contributed by atoms with E-state index in [1.54, 1.807) is 31.2 Å². The standard InChI is InChI=1S/C26H25ClN2O5/c1-18(26(31)28-14-20-9-12-23-24(13-20)34-17-33-23)29(15-19-7-10-21(27)11-8-19)25(30)16-32-22-5-3-2-4-6-22/h2-13,18H,14-17H2,1H3,(H,28,31)/t18-/m1/s1. The second-order valence-electron chi connectivity index (χ2n) is 7.83. The van der Waals surface area contributed by atoms with Crippen molar-refractivity contribution in [3.8, 4) is 17.2 Å². The second-order valence-corrected chi connectivity index (χ2v) is 8.27. The van der Waals surface area contributed by atoms with E-state index in [1.165, 1.54) is 4.90 Å². The highest BCUT2D eigenvalue weighted by Crippen LogP contribution is 2.32. The number of hydrogen-bond acceptors (Lipinski definition) is 5. The van der Waals surface area contributed by atoms with Crippen molar-refractivity contribution in [1.29, 1.82) is 0 Å². The fourth-order valence-electron chi connectivity index (χ4n) is 3.50. The van der Waals surface area contributed by atoms with Crippen molar-refractivity contribution in [3.63, 3.8) is 0 Å². The fourth-order valence-corrected chi connectivity index (χ4v) is 3.63. The number of fused-ring (bicyclic) bond motifs is 1. The molecule has 0 fully saturated rings. The highest BCUT2D eigenvalue weighted by molar-refractivity contribution is 6.30. The van der Waals surface area contributed by atoms with Crippen LogP contribution >= 0.6 is 11.6 Å². The number of carbonyl (C=O) groups is 2. The number of benzene rings is 3. The molecule has 1 aliphatic rings. The monoisotopic (exact) mass is 480 g/mol. The molecular weight excluding hydrogens is 456 g/mol. The molecule has 3 aromatic carbocycles. The Morgan fingerprint density at radius 1 is 1.00 bits per heavy atom. The Kier molecular flexibility index (Phi) is 7.54. The van der Waals surface area contributed by atoms with E-state index in [-0.39, 0.29) is 31.8 Å². The zero-order valence-electron chi connectivity index (χ0n) is 18.7. The Morgan fingerprint density at radius 3 is 2.47 bits per heavy atom. The van der Waals surface area contributed by atoms with Gasteiger partial charge in [0.05, 0.1) is 0 Å². The lowest BCUT2D eigenvalue weighted by Gasteiger charge is -2.28. The predicted molar refractivity (Wildman–Crippen MR) is 128 cm³/mol. The summed E-state index contributed by atoms with van der Waals surface area (Å²) in [5.74, 6) is 1.34. The molecule has 8 heteroatoms. The molecule has 0 radical (unpaired) electrons. The van der Waals surface area contributed by atoms with Crippen LogP contribution in [0.4, 0.5) is 0 Å². The number of nitrogens with one attached hydrogen (secondary N) is 1. The largest absolute Gasteiger partial charge is 0.484 e. The molecule has 1 heterocycles. The van der Waals surface area contributed by atoms with Crippen LogP contribution in [0, 0.1) is 0 Å². The molecule has 176 valence electrons. The number of ether oxygens (including phenoxy) is 3. The van der Waals surface area contributed by atoms with Gasteiger partial charge in [0.25, 0.3) is 5.91 Å². The van der Waals surface area contributed by atoms with E-state index in [4.69, 9.17) is 25.8 Å². The molecule has 0 aliphatic carbocycles. The van der Waals surface area contributed by atoms with Gasteiger partial charge in [0.15, 0.2) is 18.1 Å². The lowest BCUT2D eigenvalue weighted by atomic mass is 10.1. The number of nitrogens with zero attached hydrogens (tertiary/aromatic N) is 1. The Bertz CT molecular complexity index is 1140. The Balaban J connectivity index is 1.42. The topological polar surface area (TPSA) is 77.1 Å². The van der Waals surface area contributed by atoms with Gasteiger partial charge in [-0.2, -0.15) is 0 Å². The molecule has 1 N–H and O–H groups in total. The lowest BCUT2D eigenvalue weighted by molar-refractivity contribution is -0.142. The van der Waals surface area contributed by atoms with Crippen molar-refractivity contribution < 1.29 is 23.8 Å². The molecule has 1 atom stereocenters. The van der Waals surface area contributed by atoms with Crippen molar-refractivity contribution >= 4 is 23.4 Å². The molecule has 0 saturated carbocycles. The minimum atomic E-state index is -0.725. The SMILES string of the molecule is C[C@H](C(=O)NCc1ccc2c(c1)OCO2)N(Cc1ccc(Cl)cc1)C(=O)COc1ccccc1. The predicted octanol–water partition coefficient (Wildman–Crippen LogP) is 4.18. The molecule has 4 rings (SSSR count). The van der Waals surface area contributed by atoms with Gasteiger partial charge < -0.3 is 24.4 Å². The number of halogens is 1. The molecule has 0 spiro atoms. The summed E-state index contributed by atoms with van der Waals surface area (Å²) in [4.78, 5) is 27.6. The van der Waals surface area contributed by atoms with E-state index in [2.05, 4.69) is 5.32 Å². The molecule has 7 nitrogen and oxygen atoms in total. The minimum Gasteiger partial charge on any atom is -0.484 e. The number of carbonyl (C=O) groups excluding carboxylic acids is 2. The summed E-state index contributed by atoms with van der Waals surface area (Å²) >= 11 is 5.99. The maximum absolute atomic E-state index is 13.1. The maximum Gasteiger partial charge on any atom is 0.261 e. The maximum atomic E-state index is 13.1. The first kappa shape index (κ1) is 23.4. The van der Waals surface area contributed by atoms with Gasteiger partial charge in [-0.1, -0.05) is 48.0 Å². The quantitative estimate of drug-likeness (QED) is 0.497. The summed E-state index contributed by atoms with van der Waals surface area (Å²) in [5, 5.41) is 3.50. The van der Waals surface area contributed by atoms with Crippen molar-refractivity contribution in [2.24, 2.45) is 0 Å². The number of para-hydroxylation sites is 1. The van der Waals surface area contributed by atoms with Gasteiger partial charge >= 0.3 is 0 Å². The number of hydrogen-bond donors (Lipinski definition) is 1. The summed E-state index contributed by atoms with van der Waals surface area (Å²) in [6.45, 7) is 2.24. The van der Waals surface area contributed by atoms with Crippen LogP contribution in [0.5, 0.6) is 17.2 Å². The smallest absolute Gasteiger partial charge is 0.261 e.